The lowest BCUT2D eigenvalue weighted by molar-refractivity contribution is 0.297. The Labute approximate surface area is 70.3 Å². The van der Waals surface area contributed by atoms with Gasteiger partial charge in [-0.1, -0.05) is 20.8 Å². The van der Waals surface area contributed by atoms with E-state index >= 15 is 0 Å². The lowest BCUT2D eigenvalue weighted by Crippen LogP contribution is -2.36. The third-order valence-corrected chi connectivity index (χ3v) is 2.05. The highest BCUT2D eigenvalue weighted by Crippen LogP contribution is 2.20. The Kier molecular flexibility index (Phi) is 4.04. The van der Waals surface area contributed by atoms with E-state index in [1.165, 1.54) is 0 Å². The lowest BCUT2D eigenvalue weighted by Gasteiger charge is -2.27. The van der Waals surface area contributed by atoms with Gasteiger partial charge >= 0.3 is 0 Å². The molecule has 0 bridgehead atoms. The van der Waals surface area contributed by atoms with Crippen molar-refractivity contribution in [2.45, 2.75) is 52.6 Å². The van der Waals surface area contributed by atoms with Crippen molar-refractivity contribution in [3.8, 4) is 0 Å². The van der Waals surface area contributed by atoms with Gasteiger partial charge in [-0.05, 0) is 25.2 Å². The van der Waals surface area contributed by atoms with Gasteiger partial charge in [0.25, 0.3) is 0 Å². The summed E-state index contributed by atoms with van der Waals surface area (Å²) in [4.78, 5) is 0. The standard InChI is InChI=1S/C9H22N2/c1-7(10)5-6-8(11)9(2,3)4/h7-8H,5-6,10-11H2,1-4H3. The smallest absolute Gasteiger partial charge is 0.00882 e. The van der Waals surface area contributed by atoms with Crippen molar-refractivity contribution in [1.82, 2.24) is 0 Å². The highest BCUT2D eigenvalue weighted by atomic mass is 14.7. The van der Waals surface area contributed by atoms with Crippen LogP contribution in [0.25, 0.3) is 0 Å². The highest BCUT2D eigenvalue weighted by molar-refractivity contribution is 4.77. The number of hydrogen-bond acceptors (Lipinski definition) is 2. The maximum absolute atomic E-state index is 5.94. The van der Waals surface area contributed by atoms with Gasteiger partial charge in [-0.15, -0.1) is 0 Å². The van der Waals surface area contributed by atoms with Crippen molar-refractivity contribution in [1.29, 1.82) is 0 Å². The summed E-state index contributed by atoms with van der Waals surface area (Å²) in [5.74, 6) is 0. The Morgan fingerprint density at radius 3 is 1.82 bits per heavy atom. The molecule has 0 heterocycles. The van der Waals surface area contributed by atoms with Gasteiger partial charge in [-0.3, -0.25) is 0 Å². The van der Waals surface area contributed by atoms with E-state index in [0.717, 1.165) is 12.8 Å². The quantitative estimate of drug-likeness (QED) is 0.653. The van der Waals surface area contributed by atoms with Crippen molar-refractivity contribution >= 4 is 0 Å². The van der Waals surface area contributed by atoms with Gasteiger partial charge in [-0.2, -0.15) is 0 Å². The molecule has 0 radical (unpaired) electrons. The monoisotopic (exact) mass is 158 g/mol. The molecule has 0 aromatic carbocycles. The third-order valence-electron chi connectivity index (χ3n) is 2.05. The first kappa shape index (κ1) is 10.9. The van der Waals surface area contributed by atoms with Crippen molar-refractivity contribution in [2.24, 2.45) is 16.9 Å². The summed E-state index contributed by atoms with van der Waals surface area (Å²) < 4.78 is 0. The predicted octanol–water partition coefficient (Wildman–Crippen LogP) is 1.49. The predicted molar refractivity (Wildman–Crippen MR) is 50.3 cm³/mol. The molecule has 0 saturated heterocycles. The summed E-state index contributed by atoms with van der Waals surface area (Å²) >= 11 is 0. The molecule has 0 aromatic rings. The van der Waals surface area contributed by atoms with Crippen LogP contribution in [0.4, 0.5) is 0 Å². The zero-order valence-electron chi connectivity index (χ0n) is 8.22. The molecule has 0 fully saturated rings. The molecule has 11 heavy (non-hydrogen) atoms. The molecule has 2 nitrogen and oxygen atoms in total. The van der Waals surface area contributed by atoms with E-state index in [1.807, 2.05) is 6.92 Å². The molecule has 0 rings (SSSR count). The Balaban J connectivity index is 3.61. The van der Waals surface area contributed by atoms with Crippen molar-refractivity contribution in [3.05, 3.63) is 0 Å². The minimum absolute atomic E-state index is 0.217. The third kappa shape index (κ3) is 5.22. The average Bonchev–Trinajstić information content (AvgIpc) is 1.80. The van der Waals surface area contributed by atoms with E-state index in [2.05, 4.69) is 20.8 Å². The SMILES string of the molecule is CC(N)CCC(N)C(C)(C)C. The van der Waals surface area contributed by atoms with Crippen LogP contribution < -0.4 is 11.5 Å². The van der Waals surface area contributed by atoms with Gasteiger partial charge in [0.05, 0.1) is 0 Å². The van der Waals surface area contributed by atoms with Crippen LogP contribution in [0.3, 0.4) is 0 Å². The van der Waals surface area contributed by atoms with Crippen LogP contribution in [0.15, 0.2) is 0 Å². The summed E-state index contributed by atoms with van der Waals surface area (Å²) in [5.41, 5.74) is 11.8. The minimum Gasteiger partial charge on any atom is -0.328 e. The molecule has 0 aromatic heterocycles. The molecular formula is C9H22N2. The molecule has 0 aliphatic carbocycles. The van der Waals surface area contributed by atoms with E-state index in [0.29, 0.717) is 0 Å². The second-order valence-corrected chi connectivity index (χ2v) is 4.53. The fraction of sp³-hybridized carbons (Fsp3) is 1.00. The van der Waals surface area contributed by atoms with Crippen molar-refractivity contribution in [2.75, 3.05) is 0 Å². The molecule has 0 aliphatic heterocycles. The molecule has 2 unspecified atom stereocenters. The van der Waals surface area contributed by atoms with E-state index in [1.54, 1.807) is 0 Å². The van der Waals surface area contributed by atoms with Crippen LogP contribution in [0.5, 0.6) is 0 Å². The molecule has 68 valence electrons. The van der Waals surface area contributed by atoms with E-state index in [4.69, 9.17) is 11.5 Å². The number of rotatable bonds is 3. The molecule has 4 N–H and O–H groups in total. The van der Waals surface area contributed by atoms with Crippen LogP contribution in [0.1, 0.15) is 40.5 Å². The van der Waals surface area contributed by atoms with Gasteiger partial charge in [0.2, 0.25) is 0 Å². The molecule has 0 saturated carbocycles. The van der Waals surface area contributed by atoms with Gasteiger partial charge in [0, 0.05) is 12.1 Å². The van der Waals surface area contributed by atoms with Gasteiger partial charge in [0.1, 0.15) is 0 Å². The number of nitrogens with two attached hydrogens (primary N) is 2. The van der Waals surface area contributed by atoms with Gasteiger partial charge in [-0.25, -0.2) is 0 Å². The Morgan fingerprint density at radius 2 is 1.55 bits per heavy atom. The maximum atomic E-state index is 5.94. The van der Waals surface area contributed by atoms with Crippen LogP contribution in [-0.2, 0) is 0 Å². The summed E-state index contributed by atoms with van der Waals surface area (Å²) in [6, 6.07) is 0.553. The normalized spacial score (nSPS) is 18.0. The second kappa shape index (κ2) is 4.07. The topological polar surface area (TPSA) is 52.0 Å². The Bertz CT molecular complexity index is 103. The number of hydrogen-bond donors (Lipinski definition) is 2. The van der Waals surface area contributed by atoms with Crippen LogP contribution in [-0.4, -0.2) is 12.1 Å². The van der Waals surface area contributed by atoms with E-state index < -0.39 is 0 Å². The largest absolute Gasteiger partial charge is 0.328 e. The van der Waals surface area contributed by atoms with Gasteiger partial charge in [0.15, 0.2) is 0 Å². The minimum atomic E-state index is 0.217. The highest BCUT2D eigenvalue weighted by Gasteiger charge is 2.19. The first-order chi connectivity index (χ1) is 4.84. The Hall–Kier alpha value is -0.0800. The van der Waals surface area contributed by atoms with Crippen LogP contribution >= 0.6 is 0 Å². The van der Waals surface area contributed by atoms with Crippen molar-refractivity contribution < 1.29 is 0 Å². The molecule has 2 heteroatoms. The van der Waals surface area contributed by atoms with E-state index in [-0.39, 0.29) is 17.5 Å². The van der Waals surface area contributed by atoms with Crippen LogP contribution in [0.2, 0.25) is 0 Å². The summed E-state index contributed by atoms with van der Waals surface area (Å²) in [6.07, 6.45) is 2.06. The average molecular weight is 158 g/mol. The molecule has 2 atom stereocenters. The first-order valence-electron chi connectivity index (χ1n) is 4.35. The molecule has 0 aliphatic rings. The van der Waals surface area contributed by atoms with E-state index in [9.17, 15) is 0 Å². The molecular weight excluding hydrogens is 136 g/mol. The maximum Gasteiger partial charge on any atom is 0.00882 e. The lowest BCUT2D eigenvalue weighted by atomic mass is 9.84. The fourth-order valence-electron chi connectivity index (χ4n) is 0.875. The Morgan fingerprint density at radius 1 is 1.09 bits per heavy atom. The zero-order valence-corrected chi connectivity index (χ0v) is 8.22. The second-order valence-electron chi connectivity index (χ2n) is 4.53. The molecule has 0 spiro atoms. The van der Waals surface area contributed by atoms with Crippen LogP contribution in [0, 0.1) is 5.41 Å². The van der Waals surface area contributed by atoms with Crippen molar-refractivity contribution in [3.63, 3.8) is 0 Å². The first-order valence-corrected chi connectivity index (χ1v) is 4.35. The fourth-order valence-corrected chi connectivity index (χ4v) is 0.875. The summed E-state index contributed by atoms with van der Waals surface area (Å²) in [5, 5.41) is 0. The summed E-state index contributed by atoms with van der Waals surface area (Å²) in [7, 11) is 0. The zero-order chi connectivity index (χ0) is 9.07. The van der Waals surface area contributed by atoms with Gasteiger partial charge < -0.3 is 11.5 Å². The molecule has 0 amide bonds. The summed E-state index contributed by atoms with van der Waals surface area (Å²) in [6.45, 7) is 8.52.